The summed E-state index contributed by atoms with van der Waals surface area (Å²) in [5, 5.41) is 0. The Hall–Kier alpha value is -3.63. The van der Waals surface area contributed by atoms with Crippen molar-refractivity contribution in [1.29, 1.82) is 0 Å². The third-order valence-electron chi connectivity index (χ3n) is 5.53. The van der Waals surface area contributed by atoms with Gasteiger partial charge in [-0.05, 0) is 40.8 Å². The van der Waals surface area contributed by atoms with Gasteiger partial charge in [-0.25, -0.2) is 4.31 Å². The summed E-state index contributed by atoms with van der Waals surface area (Å²) in [5.74, 6) is -0.560. The lowest BCUT2D eigenvalue weighted by molar-refractivity contribution is 0.0776. The fourth-order valence-electron chi connectivity index (χ4n) is 4.06. The fourth-order valence-corrected chi connectivity index (χ4v) is 5.42. The van der Waals surface area contributed by atoms with Gasteiger partial charge in [0.05, 0.1) is 11.1 Å². The molecule has 1 aliphatic rings. The van der Waals surface area contributed by atoms with Gasteiger partial charge in [0, 0.05) is 0 Å². The Balaban J connectivity index is 1.74. The van der Waals surface area contributed by atoms with E-state index in [4.69, 9.17) is 0 Å². The van der Waals surface area contributed by atoms with Gasteiger partial charge in [0.1, 0.15) is 4.75 Å². The van der Waals surface area contributed by atoms with Gasteiger partial charge in [-0.1, -0.05) is 103 Å². The Morgan fingerprint density at radius 2 is 0.806 bits per heavy atom. The maximum atomic E-state index is 13.3. The van der Waals surface area contributed by atoms with Crippen LogP contribution in [-0.4, -0.2) is 16.1 Å². The van der Waals surface area contributed by atoms with Crippen LogP contribution in [0.3, 0.4) is 0 Å². The number of carbonyl (C=O) groups is 2. The molecule has 0 radical (unpaired) electrons. The van der Waals surface area contributed by atoms with Crippen LogP contribution in [0.5, 0.6) is 0 Å². The summed E-state index contributed by atoms with van der Waals surface area (Å²) in [6.45, 7) is 0. The van der Waals surface area contributed by atoms with Gasteiger partial charge in [0.2, 0.25) is 0 Å². The molecule has 4 aromatic rings. The molecule has 0 atom stereocenters. The average Bonchev–Trinajstić information content (AvgIpc) is 3.09. The standard InChI is InChI=1S/C27H19NO2S/c29-25-23-18-10-11-19-24(23)26(30)28(25)31-27(20-12-4-1-5-13-20,21-14-6-2-7-15-21)22-16-8-3-9-17-22/h1-19H. The third-order valence-corrected chi connectivity index (χ3v) is 7.02. The SMILES string of the molecule is O=C1c2ccccc2C(=O)N1SC(c1ccccc1)(c1ccccc1)c1ccccc1. The average molecular weight is 422 g/mol. The monoisotopic (exact) mass is 421 g/mol. The van der Waals surface area contributed by atoms with Crippen LogP contribution in [0.25, 0.3) is 0 Å². The zero-order valence-corrected chi connectivity index (χ0v) is 17.5. The minimum atomic E-state index is -0.781. The van der Waals surface area contributed by atoms with Crippen LogP contribution < -0.4 is 0 Å². The van der Waals surface area contributed by atoms with Crippen LogP contribution in [0.1, 0.15) is 37.4 Å². The van der Waals surface area contributed by atoms with Crippen molar-refractivity contribution in [2.24, 2.45) is 0 Å². The highest BCUT2D eigenvalue weighted by molar-refractivity contribution is 7.99. The van der Waals surface area contributed by atoms with E-state index in [0.717, 1.165) is 16.7 Å². The summed E-state index contributed by atoms with van der Waals surface area (Å²) < 4.78 is 0.537. The van der Waals surface area contributed by atoms with Crippen molar-refractivity contribution in [3.05, 3.63) is 143 Å². The predicted molar refractivity (Wildman–Crippen MR) is 124 cm³/mol. The molecule has 5 rings (SSSR count). The molecule has 0 aliphatic carbocycles. The molecule has 0 saturated carbocycles. The predicted octanol–water partition coefficient (Wildman–Crippen LogP) is 5.92. The summed E-state index contributed by atoms with van der Waals surface area (Å²) in [5.41, 5.74) is 3.88. The summed E-state index contributed by atoms with van der Waals surface area (Å²) in [6, 6.07) is 37.1. The van der Waals surface area contributed by atoms with E-state index in [2.05, 4.69) is 0 Å². The van der Waals surface area contributed by atoms with Crippen molar-refractivity contribution < 1.29 is 9.59 Å². The molecule has 0 N–H and O–H groups in total. The summed E-state index contributed by atoms with van der Waals surface area (Å²) in [4.78, 5) is 26.5. The Bertz CT molecular complexity index is 1110. The smallest absolute Gasteiger partial charge is 0.268 e. The van der Waals surface area contributed by atoms with Gasteiger partial charge in [-0.15, -0.1) is 0 Å². The van der Waals surface area contributed by atoms with Crippen molar-refractivity contribution >= 4 is 23.8 Å². The van der Waals surface area contributed by atoms with Gasteiger partial charge >= 0.3 is 0 Å². The Morgan fingerprint density at radius 3 is 1.16 bits per heavy atom. The molecule has 0 saturated heterocycles. The highest BCUT2D eigenvalue weighted by Crippen LogP contribution is 2.51. The lowest BCUT2D eigenvalue weighted by atomic mass is 9.84. The number of amides is 2. The third kappa shape index (κ3) is 3.16. The number of hydrogen-bond donors (Lipinski definition) is 0. The lowest BCUT2D eigenvalue weighted by Gasteiger charge is -2.37. The quantitative estimate of drug-likeness (QED) is 0.228. The van der Waals surface area contributed by atoms with Crippen molar-refractivity contribution in [1.82, 2.24) is 4.31 Å². The minimum absolute atomic E-state index is 0.280. The van der Waals surface area contributed by atoms with E-state index >= 15 is 0 Å². The molecule has 0 fully saturated rings. The van der Waals surface area contributed by atoms with Crippen molar-refractivity contribution in [3.8, 4) is 0 Å². The van der Waals surface area contributed by atoms with Crippen molar-refractivity contribution in [3.63, 3.8) is 0 Å². The van der Waals surface area contributed by atoms with Crippen LogP contribution in [0.4, 0.5) is 0 Å². The molecule has 0 unspecified atom stereocenters. The zero-order valence-electron chi connectivity index (χ0n) is 16.6. The molecule has 4 aromatic carbocycles. The van der Waals surface area contributed by atoms with Gasteiger partial charge in [-0.2, -0.15) is 0 Å². The van der Waals surface area contributed by atoms with E-state index in [1.54, 1.807) is 24.3 Å². The summed E-state index contributed by atoms with van der Waals surface area (Å²) in [7, 11) is 0. The number of rotatable bonds is 5. The van der Waals surface area contributed by atoms with E-state index in [1.165, 1.54) is 16.3 Å². The second kappa shape index (κ2) is 7.89. The molecular weight excluding hydrogens is 402 g/mol. The lowest BCUT2D eigenvalue weighted by Crippen LogP contribution is -2.34. The maximum absolute atomic E-state index is 13.3. The van der Waals surface area contributed by atoms with Crippen LogP contribution >= 0.6 is 11.9 Å². The molecule has 150 valence electrons. The molecule has 0 bridgehead atoms. The number of imide groups is 1. The molecule has 31 heavy (non-hydrogen) atoms. The van der Waals surface area contributed by atoms with Gasteiger partial charge < -0.3 is 0 Å². The first-order valence-corrected chi connectivity index (χ1v) is 10.8. The minimum Gasteiger partial charge on any atom is -0.268 e. The van der Waals surface area contributed by atoms with E-state index in [0.29, 0.717) is 11.1 Å². The first-order valence-electron chi connectivity index (χ1n) is 10.1. The molecule has 0 aromatic heterocycles. The maximum Gasteiger partial charge on any atom is 0.271 e. The van der Waals surface area contributed by atoms with Crippen molar-refractivity contribution in [2.75, 3.05) is 0 Å². The molecule has 1 heterocycles. The van der Waals surface area contributed by atoms with E-state index in [9.17, 15) is 9.59 Å². The fraction of sp³-hybridized carbons (Fsp3) is 0.0370. The van der Waals surface area contributed by atoms with Crippen LogP contribution in [0, 0.1) is 0 Å². The molecule has 2 amide bonds. The van der Waals surface area contributed by atoms with Crippen LogP contribution in [0.2, 0.25) is 0 Å². The molecule has 0 spiro atoms. The number of nitrogens with zero attached hydrogens (tertiary/aromatic N) is 1. The second-order valence-electron chi connectivity index (χ2n) is 7.32. The normalized spacial score (nSPS) is 13.4. The van der Waals surface area contributed by atoms with Crippen molar-refractivity contribution in [2.45, 2.75) is 4.75 Å². The van der Waals surface area contributed by atoms with Gasteiger partial charge in [0.15, 0.2) is 0 Å². The molecule has 1 aliphatic heterocycles. The topological polar surface area (TPSA) is 37.4 Å². The Labute approximate surface area is 185 Å². The zero-order chi connectivity index (χ0) is 21.3. The van der Waals surface area contributed by atoms with E-state index < -0.39 is 4.75 Å². The Kier molecular flexibility index (Phi) is 4.92. The van der Waals surface area contributed by atoms with E-state index in [-0.39, 0.29) is 11.8 Å². The Morgan fingerprint density at radius 1 is 0.484 bits per heavy atom. The largest absolute Gasteiger partial charge is 0.271 e. The number of fused-ring (bicyclic) bond motifs is 1. The van der Waals surface area contributed by atoms with Crippen LogP contribution in [-0.2, 0) is 4.75 Å². The highest BCUT2D eigenvalue weighted by Gasteiger charge is 2.46. The number of benzene rings is 4. The number of carbonyl (C=O) groups excluding carboxylic acids is 2. The first kappa shape index (κ1) is 19.3. The summed E-state index contributed by atoms with van der Waals surface area (Å²) in [6.07, 6.45) is 0. The highest BCUT2D eigenvalue weighted by atomic mass is 32.2. The van der Waals surface area contributed by atoms with Gasteiger partial charge in [-0.3, -0.25) is 9.59 Å². The van der Waals surface area contributed by atoms with Crippen LogP contribution in [0.15, 0.2) is 115 Å². The molecular formula is C27H19NO2S. The number of hydrogen-bond acceptors (Lipinski definition) is 3. The molecule has 4 heteroatoms. The van der Waals surface area contributed by atoms with Gasteiger partial charge in [0.25, 0.3) is 11.8 Å². The van der Waals surface area contributed by atoms with E-state index in [1.807, 2.05) is 91.0 Å². The first-order chi connectivity index (χ1) is 15.2. The summed E-state index contributed by atoms with van der Waals surface area (Å²) >= 11 is 1.27. The molecule has 3 nitrogen and oxygen atoms in total. The second-order valence-corrected chi connectivity index (χ2v) is 8.48.